The maximum absolute atomic E-state index is 9.98. The Morgan fingerprint density at radius 2 is 1.85 bits per heavy atom. The standard InChI is InChI=1S/C14H24N2O4/c1-14(2,3)5-4-8-6-16-9(7-17)10(18)11(19)12(20)13(16)15-8/h6,9-12,17-20H,4-5,7H2,1-3H3/t9?,10?,11-,12?/m0/s1. The van der Waals surface area contributed by atoms with E-state index in [0.717, 1.165) is 18.5 Å². The van der Waals surface area contributed by atoms with Crippen LogP contribution in [0.2, 0.25) is 0 Å². The number of hydrogen-bond donors (Lipinski definition) is 4. The molecule has 1 aliphatic rings. The zero-order chi connectivity index (χ0) is 15.1. The summed E-state index contributed by atoms with van der Waals surface area (Å²) in [6, 6.07) is -0.667. The first-order valence-corrected chi connectivity index (χ1v) is 6.97. The molecule has 4 atom stereocenters. The molecule has 4 N–H and O–H groups in total. The molecule has 20 heavy (non-hydrogen) atoms. The molecular formula is C14H24N2O4. The fraction of sp³-hybridized carbons (Fsp3) is 0.786. The van der Waals surface area contributed by atoms with Gasteiger partial charge in [-0.3, -0.25) is 0 Å². The highest BCUT2D eigenvalue weighted by atomic mass is 16.4. The molecule has 0 bridgehead atoms. The van der Waals surface area contributed by atoms with Crippen molar-refractivity contribution < 1.29 is 20.4 Å². The first-order valence-electron chi connectivity index (χ1n) is 6.97. The maximum atomic E-state index is 9.98. The predicted molar refractivity (Wildman–Crippen MR) is 73.1 cm³/mol. The fourth-order valence-electron chi connectivity index (χ4n) is 2.50. The minimum absolute atomic E-state index is 0.179. The van der Waals surface area contributed by atoms with Crippen molar-refractivity contribution in [1.82, 2.24) is 9.55 Å². The molecule has 1 aromatic heterocycles. The third-order valence-electron chi connectivity index (χ3n) is 3.82. The highest BCUT2D eigenvalue weighted by Crippen LogP contribution is 2.33. The summed E-state index contributed by atoms with van der Waals surface area (Å²) in [5, 5.41) is 39.1. The Bertz CT molecular complexity index is 466. The van der Waals surface area contributed by atoms with Gasteiger partial charge in [0, 0.05) is 6.20 Å². The number of rotatable bonds is 3. The number of hydrogen-bond acceptors (Lipinski definition) is 5. The number of imidazole rings is 1. The van der Waals surface area contributed by atoms with Crippen LogP contribution in [0.4, 0.5) is 0 Å². The number of nitrogens with zero attached hydrogens (tertiary/aromatic N) is 2. The molecule has 0 aliphatic carbocycles. The average molecular weight is 284 g/mol. The van der Waals surface area contributed by atoms with Gasteiger partial charge in [-0.05, 0) is 18.3 Å². The Balaban J connectivity index is 2.26. The van der Waals surface area contributed by atoms with Gasteiger partial charge in [-0.25, -0.2) is 4.98 Å². The molecule has 6 heteroatoms. The Morgan fingerprint density at radius 3 is 2.40 bits per heavy atom. The largest absolute Gasteiger partial charge is 0.394 e. The van der Waals surface area contributed by atoms with Crippen LogP contribution in [0.25, 0.3) is 0 Å². The van der Waals surface area contributed by atoms with Crippen molar-refractivity contribution in [2.24, 2.45) is 5.41 Å². The van der Waals surface area contributed by atoms with Gasteiger partial charge >= 0.3 is 0 Å². The topological polar surface area (TPSA) is 98.7 Å². The van der Waals surface area contributed by atoms with Crippen molar-refractivity contribution in [3.63, 3.8) is 0 Å². The summed E-state index contributed by atoms with van der Waals surface area (Å²) in [4.78, 5) is 4.35. The second-order valence-corrected chi connectivity index (χ2v) is 6.73. The third-order valence-corrected chi connectivity index (χ3v) is 3.82. The van der Waals surface area contributed by atoms with Gasteiger partial charge in [0.25, 0.3) is 0 Å². The van der Waals surface area contributed by atoms with E-state index in [9.17, 15) is 20.4 Å². The van der Waals surface area contributed by atoms with E-state index in [1.165, 1.54) is 0 Å². The van der Waals surface area contributed by atoms with Gasteiger partial charge in [0.1, 0.15) is 24.1 Å². The molecule has 0 amide bonds. The quantitative estimate of drug-likeness (QED) is 0.634. The lowest BCUT2D eigenvalue weighted by molar-refractivity contribution is -0.108. The third kappa shape index (κ3) is 2.88. The van der Waals surface area contributed by atoms with Crippen LogP contribution in [-0.4, -0.2) is 48.8 Å². The Labute approximate surface area is 118 Å². The summed E-state index contributed by atoms with van der Waals surface area (Å²) < 4.78 is 1.58. The number of aliphatic hydroxyl groups is 4. The molecule has 0 fully saturated rings. The molecule has 114 valence electrons. The summed E-state index contributed by atoms with van der Waals surface area (Å²) in [6.45, 7) is 6.11. The van der Waals surface area contributed by atoms with E-state index in [4.69, 9.17) is 0 Å². The van der Waals surface area contributed by atoms with Crippen molar-refractivity contribution >= 4 is 0 Å². The summed E-state index contributed by atoms with van der Waals surface area (Å²) in [5.74, 6) is 0.311. The zero-order valence-corrected chi connectivity index (χ0v) is 12.2. The summed E-state index contributed by atoms with van der Waals surface area (Å²) in [6.07, 6.45) is -0.309. The predicted octanol–water partition coefficient (Wildman–Crippen LogP) is 0.164. The van der Waals surface area contributed by atoms with Crippen LogP contribution in [-0.2, 0) is 6.42 Å². The van der Waals surface area contributed by atoms with Crippen LogP contribution in [0.5, 0.6) is 0 Å². The SMILES string of the molecule is CC(C)(C)CCc1cn2c(n1)C(O)[C@@H](O)C(O)C2CO. The Hall–Kier alpha value is -0.950. The van der Waals surface area contributed by atoms with Crippen LogP contribution in [0.3, 0.4) is 0 Å². The van der Waals surface area contributed by atoms with Gasteiger partial charge in [-0.15, -0.1) is 0 Å². The van der Waals surface area contributed by atoms with Crippen molar-refractivity contribution in [2.75, 3.05) is 6.61 Å². The van der Waals surface area contributed by atoms with E-state index in [2.05, 4.69) is 25.8 Å². The van der Waals surface area contributed by atoms with E-state index in [-0.39, 0.29) is 12.0 Å². The minimum Gasteiger partial charge on any atom is -0.394 e. The van der Waals surface area contributed by atoms with Crippen LogP contribution >= 0.6 is 0 Å². The summed E-state index contributed by atoms with van der Waals surface area (Å²) in [7, 11) is 0. The van der Waals surface area contributed by atoms with Gasteiger partial charge in [0.15, 0.2) is 0 Å². The molecule has 2 rings (SSSR count). The second-order valence-electron chi connectivity index (χ2n) is 6.73. The van der Waals surface area contributed by atoms with Crippen LogP contribution in [0, 0.1) is 5.41 Å². The average Bonchev–Trinajstić information content (AvgIpc) is 2.78. The van der Waals surface area contributed by atoms with Crippen LogP contribution in [0.15, 0.2) is 6.20 Å². The number of fused-ring (bicyclic) bond motifs is 1. The van der Waals surface area contributed by atoms with E-state index < -0.39 is 24.4 Å². The van der Waals surface area contributed by atoms with Crippen molar-refractivity contribution in [2.45, 2.75) is 58.0 Å². The van der Waals surface area contributed by atoms with Crippen molar-refractivity contribution in [1.29, 1.82) is 0 Å². The van der Waals surface area contributed by atoms with Crippen molar-refractivity contribution in [3.8, 4) is 0 Å². The zero-order valence-electron chi connectivity index (χ0n) is 12.2. The molecule has 0 aromatic carbocycles. The molecular weight excluding hydrogens is 260 g/mol. The molecule has 1 aromatic rings. The number of aromatic nitrogens is 2. The Morgan fingerprint density at radius 1 is 1.20 bits per heavy atom. The van der Waals surface area contributed by atoms with Crippen molar-refractivity contribution in [3.05, 3.63) is 17.7 Å². The molecule has 1 aliphatic heterocycles. The number of aryl methyl sites for hydroxylation is 1. The molecule has 6 nitrogen and oxygen atoms in total. The van der Waals surface area contributed by atoms with Gasteiger partial charge in [-0.1, -0.05) is 20.8 Å². The van der Waals surface area contributed by atoms with Gasteiger partial charge in [0.2, 0.25) is 0 Å². The highest BCUT2D eigenvalue weighted by Gasteiger charge is 2.41. The highest BCUT2D eigenvalue weighted by molar-refractivity contribution is 5.14. The molecule has 0 saturated carbocycles. The molecule has 2 heterocycles. The van der Waals surface area contributed by atoms with Crippen LogP contribution < -0.4 is 0 Å². The second kappa shape index (κ2) is 5.44. The first kappa shape index (κ1) is 15.4. The molecule has 3 unspecified atom stereocenters. The number of aliphatic hydroxyl groups excluding tert-OH is 4. The lowest BCUT2D eigenvalue weighted by Crippen LogP contribution is -2.46. The monoisotopic (exact) mass is 284 g/mol. The minimum atomic E-state index is -1.32. The maximum Gasteiger partial charge on any atom is 0.141 e. The fourth-order valence-corrected chi connectivity index (χ4v) is 2.50. The van der Waals surface area contributed by atoms with Gasteiger partial charge in [-0.2, -0.15) is 0 Å². The molecule has 0 spiro atoms. The van der Waals surface area contributed by atoms with E-state index in [0.29, 0.717) is 5.82 Å². The molecule has 0 radical (unpaired) electrons. The smallest absolute Gasteiger partial charge is 0.141 e. The molecule has 0 saturated heterocycles. The normalized spacial score (nSPS) is 30.4. The first-order chi connectivity index (χ1) is 9.24. The summed E-state index contributed by atoms with van der Waals surface area (Å²) >= 11 is 0. The Kier molecular flexibility index (Phi) is 4.20. The lowest BCUT2D eigenvalue weighted by atomic mass is 9.90. The van der Waals surface area contributed by atoms with E-state index in [1.807, 2.05) is 0 Å². The van der Waals surface area contributed by atoms with Gasteiger partial charge in [0.05, 0.1) is 18.3 Å². The lowest BCUT2D eigenvalue weighted by Gasteiger charge is -2.35. The van der Waals surface area contributed by atoms with E-state index >= 15 is 0 Å². The van der Waals surface area contributed by atoms with E-state index in [1.54, 1.807) is 10.8 Å². The van der Waals surface area contributed by atoms with Crippen LogP contribution in [0.1, 0.15) is 50.9 Å². The van der Waals surface area contributed by atoms with Gasteiger partial charge < -0.3 is 25.0 Å². The summed E-state index contributed by atoms with van der Waals surface area (Å²) in [5.41, 5.74) is 0.978.